The zero-order valence-electron chi connectivity index (χ0n) is 41.4. The molecular weight excluding hydrogens is 867 g/mol. The summed E-state index contributed by atoms with van der Waals surface area (Å²) in [6.07, 6.45) is 7.18. The molecule has 0 spiro atoms. The van der Waals surface area contributed by atoms with E-state index in [9.17, 15) is 23.2 Å². The average molecular weight is 933 g/mol. The quantitative estimate of drug-likeness (QED) is 0.0764. The minimum atomic E-state index is -0.628. The van der Waals surface area contributed by atoms with E-state index in [-0.39, 0.29) is 46.4 Å². The predicted octanol–water partition coefficient (Wildman–Crippen LogP) is 10.7. The third-order valence-electron chi connectivity index (χ3n) is 13.5. The van der Waals surface area contributed by atoms with Gasteiger partial charge in [0, 0.05) is 86.5 Å². The molecule has 3 aliphatic rings. The highest BCUT2D eigenvalue weighted by atomic mass is 19.1. The van der Waals surface area contributed by atoms with Crippen LogP contribution in [-0.2, 0) is 24.7 Å². The number of fused-ring (bicyclic) bond motifs is 1. The number of hydrogen-bond donors (Lipinski definition) is 3. The van der Waals surface area contributed by atoms with Crippen LogP contribution in [0, 0.1) is 36.8 Å². The lowest BCUT2D eigenvalue weighted by molar-refractivity contribution is -0.141. The second-order valence-electron chi connectivity index (χ2n) is 18.8. The fraction of sp³-hybridized carbons (Fsp3) is 0.434. The van der Waals surface area contributed by atoms with E-state index in [0.29, 0.717) is 70.8 Å². The number of hydrogen-bond acceptors (Lipinski definition) is 10. The summed E-state index contributed by atoms with van der Waals surface area (Å²) >= 11 is 0. The number of nitrogens with one attached hydrogen (secondary N) is 2. The van der Waals surface area contributed by atoms with Crippen molar-refractivity contribution in [2.45, 2.75) is 125 Å². The first kappa shape index (κ1) is 50.9. The molecule has 3 heterocycles. The molecule has 1 unspecified atom stereocenters. The largest absolute Gasteiger partial charge is 0.402 e. The van der Waals surface area contributed by atoms with Gasteiger partial charge in [-0.3, -0.25) is 19.5 Å². The van der Waals surface area contributed by atoms with Crippen molar-refractivity contribution in [2.75, 3.05) is 30.4 Å². The van der Waals surface area contributed by atoms with Gasteiger partial charge < -0.3 is 35.5 Å². The molecule has 1 saturated heterocycles. The van der Waals surface area contributed by atoms with Crippen LogP contribution in [0.3, 0.4) is 0 Å². The molecule has 15 heteroatoms. The van der Waals surface area contributed by atoms with Crippen LogP contribution < -0.4 is 16.0 Å². The third kappa shape index (κ3) is 10.2. The fourth-order valence-electron chi connectivity index (χ4n) is 10.0. The van der Waals surface area contributed by atoms with Crippen LogP contribution in [0.4, 0.5) is 25.8 Å². The number of ether oxygens (including phenoxy) is 1. The van der Waals surface area contributed by atoms with E-state index in [1.54, 1.807) is 52.1 Å². The highest BCUT2D eigenvalue weighted by Gasteiger charge is 2.58. The van der Waals surface area contributed by atoms with E-state index in [1.807, 2.05) is 31.7 Å². The molecule has 2 amide bonds. The van der Waals surface area contributed by atoms with Gasteiger partial charge in [-0.1, -0.05) is 24.2 Å². The van der Waals surface area contributed by atoms with Crippen LogP contribution in [0.1, 0.15) is 127 Å². The summed E-state index contributed by atoms with van der Waals surface area (Å²) in [4.78, 5) is 51.2. The molecule has 3 aromatic carbocycles. The highest BCUT2D eigenvalue weighted by molar-refractivity contribution is 6.06. The van der Waals surface area contributed by atoms with Crippen LogP contribution in [-0.4, -0.2) is 76.7 Å². The number of carbonyl (C=O) groups excluding carboxylic acids is 3. The number of allylic oxidation sites excluding steroid dienone is 1. The number of benzene rings is 3. The van der Waals surface area contributed by atoms with Gasteiger partial charge >= 0.3 is 5.97 Å². The summed E-state index contributed by atoms with van der Waals surface area (Å²) in [6.45, 7) is 21.2. The molecule has 2 fully saturated rings. The number of nitrogens with zero attached hydrogens (tertiary/aromatic N) is 5. The number of nitrogens with two attached hydrogens (primary N) is 1. The standard InChI is InChI=1S/C40H50FN5O4.C13H16FN3O/c1-22-16-32(17-23(2)37(22)41)43-25(4)36-26(5)45(14-12-33(36)42)38(48)35-19-31-18-29(30-13-15-49-39(8,9)21-30)10-11-34(31)46(35)40(20-24(40)3)27(6)44-50-28(7)47;1-4-7-17(9(2)18)12-6-5-11(16-3)10(8-15)13(12)14/h10-11,16-19,24,26,30H,12-15,20-21,42H2,1-9H3;4-8,15-16H,1-3H3/b43-25?,44-27+;7-4-,15-8?/t24-,26-,30?,40-;/m0./s1. The van der Waals surface area contributed by atoms with Crippen LogP contribution in [0.25, 0.3) is 10.9 Å². The zero-order chi connectivity index (χ0) is 50.0. The Labute approximate surface area is 398 Å². The van der Waals surface area contributed by atoms with Crippen molar-refractivity contribution >= 4 is 63.4 Å². The number of amides is 2. The van der Waals surface area contributed by atoms with Crippen molar-refractivity contribution in [1.29, 1.82) is 5.41 Å². The molecule has 362 valence electrons. The molecule has 1 aliphatic carbocycles. The Balaban J connectivity index is 0.000000356. The van der Waals surface area contributed by atoms with Crippen molar-refractivity contribution < 1.29 is 32.7 Å². The van der Waals surface area contributed by atoms with Gasteiger partial charge in [0.25, 0.3) is 5.91 Å². The van der Waals surface area contributed by atoms with Crippen molar-refractivity contribution in [3.8, 4) is 0 Å². The molecule has 4 N–H and O–H groups in total. The molecule has 7 rings (SSSR count). The number of rotatable bonds is 11. The van der Waals surface area contributed by atoms with Gasteiger partial charge in [-0.05, 0) is 146 Å². The SMILES string of the molecule is C/C=C\N(C(C)=O)c1ccc(NC)c(C=N)c1F.CC(=O)O/N=C(\C)[C@]1(n2c(C(=O)N3CCC(N)=C(C(C)=Nc4cc(C)c(F)c(C)c4)[C@@H]3C)cc3cc(C4CCOC(C)(C)C4)ccc32)C[C@@H]1C. The van der Waals surface area contributed by atoms with Crippen molar-refractivity contribution in [1.82, 2.24) is 9.47 Å². The topological polar surface area (TPSA) is 168 Å². The Morgan fingerprint density at radius 3 is 2.25 bits per heavy atom. The first-order valence-electron chi connectivity index (χ1n) is 23.2. The molecule has 68 heavy (non-hydrogen) atoms. The van der Waals surface area contributed by atoms with E-state index in [1.165, 1.54) is 36.6 Å². The van der Waals surface area contributed by atoms with Crippen LogP contribution >= 0.6 is 0 Å². The number of carbonyl (C=O) groups is 3. The number of anilines is 2. The smallest absolute Gasteiger partial charge is 0.331 e. The van der Waals surface area contributed by atoms with Gasteiger partial charge in [-0.2, -0.15) is 0 Å². The Kier molecular flexibility index (Phi) is 15.3. The Bertz CT molecular complexity index is 2750. The van der Waals surface area contributed by atoms with E-state index in [4.69, 9.17) is 25.7 Å². The summed E-state index contributed by atoms with van der Waals surface area (Å²) < 4.78 is 36.7. The number of oxime groups is 1. The predicted molar refractivity (Wildman–Crippen MR) is 267 cm³/mol. The van der Waals surface area contributed by atoms with Gasteiger partial charge in [0.15, 0.2) is 5.82 Å². The lowest BCUT2D eigenvalue weighted by Gasteiger charge is -2.37. The van der Waals surface area contributed by atoms with Crippen LogP contribution in [0.15, 0.2) is 82.2 Å². The summed E-state index contributed by atoms with van der Waals surface area (Å²) in [5.74, 6) is -1.23. The molecule has 4 aromatic rings. The molecule has 2 aliphatic heterocycles. The summed E-state index contributed by atoms with van der Waals surface area (Å²) in [5.41, 5.74) is 13.8. The van der Waals surface area contributed by atoms with E-state index in [0.717, 1.165) is 42.0 Å². The average Bonchev–Trinajstić information content (AvgIpc) is 3.81. The van der Waals surface area contributed by atoms with Crippen LogP contribution in [0.2, 0.25) is 0 Å². The van der Waals surface area contributed by atoms with Gasteiger partial charge in [-0.25, -0.2) is 13.6 Å². The minimum absolute atomic E-state index is 0.118. The number of aromatic nitrogens is 1. The summed E-state index contributed by atoms with van der Waals surface area (Å²) in [6, 6.07) is 14.8. The maximum absolute atomic E-state index is 14.9. The summed E-state index contributed by atoms with van der Waals surface area (Å²) in [5, 5.41) is 15.3. The second kappa shape index (κ2) is 20.4. The molecule has 0 bridgehead atoms. The third-order valence-corrected chi connectivity index (χ3v) is 13.5. The Hall–Kier alpha value is -6.48. The first-order valence-corrected chi connectivity index (χ1v) is 23.2. The number of halogens is 2. The van der Waals surface area contributed by atoms with Crippen molar-refractivity contribution in [3.63, 3.8) is 0 Å². The monoisotopic (exact) mass is 933 g/mol. The van der Waals surface area contributed by atoms with Gasteiger partial charge in [0.1, 0.15) is 11.5 Å². The maximum Gasteiger partial charge on any atom is 0.331 e. The number of aryl methyl sites for hydroxylation is 2. The second-order valence-corrected chi connectivity index (χ2v) is 18.8. The van der Waals surface area contributed by atoms with E-state index in [2.05, 4.69) is 54.0 Å². The first-order chi connectivity index (χ1) is 32.1. The number of aliphatic imine (C=N–C) groups is 1. The highest BCUT2D eigenvalue weighted by Crippen LogP contribution is 2.54. The molecule has 0 radical (unpaired) electrons. The maximum atomic E-state index is 14.9. The normalized spacial score (nSPS) is 21.6. The molecule has 1 saturated carbocycles. The Morgan fingerprint density at radius 1 is 1.00 bits per heavy atom. The molecule has 4 atom stereocenters. The van der Waals surface area contributed by atoms with E-state index < -0.39 is 17.3 Å². The lowest BCUT2D eigenvalue weighted by Crippen LogP contribution is -2.47. The van der Waals surface area contributed by atoms with Crippen molar-refractivity contribution in [3.05, 3.63) is 112 Å². The fourth-order valence-corrected chi connectivity index (χ4v) is 10.0. The lowest BCUT2D eigenvalue weighted by atomic mass is 9.83. The van der Waals surface area contributed by atoms with Crippen molar-refractivity contribution in [2.24, 2.45) is 21.8 Å². The molecular formula is C53H66F2N8O5. The minimum Gasteiger partial charge on any atom is -0.402 e. The Morgan fingerprint density at radius 2 is 1.68 bits per heavy atom. The van der Waals surface area contributed by atoms with Gasteiger partial charge in [0.2, 0.25) is 5.91 Å². The van der Waals surface area contributed by atoms with E-state index >= 15 is 0 Å². The molecule has 13 nitrogen and oxygen atoms in total. The van der Waals surface area contributed by atoms with Crippen LogP contribution in [0.5, 0.6) is 0 Å². The zero-order valence-corrected chi connectivity index (χ0v) is 41.4. The van der Waals surface area contributed by atoms with Gasteiger partial charge in [0.05, 0.1) is 39.8 Å². The van der Waals surface area contributed by atoms with Gasteiger partial charge in [-0.15, -0.1) is 0 Å². The summed E-state index contributed by atoms with van der Waals surface area (Å²) in [7, 11) is 1.65. The molecule has 1 aromatic heterocycles.